The number of nitrogens with one attached hydrogen (secondary N) is 2. The first-order valence-corrected chi connectivity index (χ1v) is 10.2. The van der Waals surface area contributed by atoms with E-state index in [2.05, 4.69) is 10.6 Å². The summed E-state index contributed by atoms with van der Waals surface area (Å²) in [6, 6.07) is 7.68. The maximum atomic E-state index is 13.7. The van der Waals surface area contributed by atoms with Crippen LogP contribution in [0.3, 0.4) is 0 Å². The number of hydrogen-bond acceptors (Lipinski definition) is 4. The molecular formula is C21H27FN2O3S. The van der Waals surface area contributed by atoms with Gasteiger partial charge in [-0.05, 0) is 35.4 Å². The van der Waals surface area contributed by atoms with Gasteiger partial charge in [-0.3, -0.25) is 9.59 Å². The van der Waals surface area contributed by atoms with Crippen molar-refractivity contribution in [3.8, 4) is 5.75 Å². The molecule has 1 aromatic carbocycles. The Hall–Kier alpha value is -2.41. The zero-order chi connectivity index (χ0) is 20.6. The second-order valence-corrected chi connectivity index (χ2v) is 8.38. The smallest absolute Gasteiger partial charge is 0.252 e. The fourth-order valence-electron chi connectivity index (χ4n) is 2.46. The summed E-state index contributed by atoms with van der Waals surface area (Å²) in [6.07, 6.45) is 0.822. The van der Waals surface area contributed by atoms with Crippen LogP contribution < -0.4 is 15.4 Å². The third-order valence-corrected chi connectivity index (χ3v) is 4.96. The van der Waals surface area contributed by atoms with Crippen LogP contribution in [0.4, 0.5) is 4.39 Å². The number of benzene rings is 1. The molecular weight excluding hydrogens is 379 g/mol. The van der Waals surface area contributed by atoms with Crippen LogP contribution in [0.1, 0.15) is 44.0 Å². The van der Waals surface area contributed by atoms with Gasteiger partial charge in [-0.15, -0.1) is 0 Å². The van der Waals surface area contributed by atoms with Gasteiger partial charge in [-0.1, -0.05) is 32.9 Å². The first-order chi connectivity index (χ1) is 13.3. The Bertz CT molecular complexity index is 772. The molecule has 7 heteroatoms. The van der Waals surface area contributed by atoms with Crippen molar-refractivity contribution >= 4 is 23.2 Å². The van der Waals surface area contributed by atoms with Crippen LogP contribution in [-0.4, -0.2) is 31.0 Å². The third-order valence-electron chi connectivity index (χ3n) is 4.27. The lowest BCUT2D eigenvalue weighted by Crippen LogP contribution is -2.47. The van der Waals surface area contributed by atoms with Crippen molar-refractivity contribution in [3.63, 3.8) is 0 Å². The van der Waals surface area contributed by atoms with Crippen LogP contribution in [0.15, 0.2) is 41.1 Å². The number of hydrogen-bond donors (Lipinski definition) is 2. The Morgan fingerprint density at radius 2 is 1.96 bits per heavy atom. The second-order valence-electron chi connectivity index (χ2n) is 7.60. The minimum atomic E-state index is -0.428. The SMILES string of the molecule is CC(C)(C)C(COc1ccccc1F)NC(=O)CCCNC(=O)c1ccsc1. The van der Waals surface area contributed by atoms with Crippen LogP contribution in [-0.2, 0) is 4.79 Å². The largest absolute Gasteiger partial charge is 0.488 e. The minimum Gasteiger partial charge on any atom is -0.488 e. The second kappa shape index (κ2) is 10.2. The lowest BCUT2D eigenvalue weighted by atomic mass is 9.87. The van der Waals surface area contributed by atoms with E-state index < -0.39 is 5.82 Å². The Labute approximate surface area is 169 Å². The normalized spacial score (nSPS) is 12.3. The molecule has 0 aliphatic carbocycles. The van der Waals surface area contributed by atoms with Gasteiger partial charge >= 0.3 is 0 Å². The molecule has 0 radical (unpaired) electrons. The van der Waals surface area contributed by atoms with E-state index in [0.29, 0.717) is 18.5 Å². The first-order valence-electron chi connectivity index (χ1n) is 9.24. The van der Waals surface area contributed by atoms with Crippen molar-refractivity contribution in [2.45, 2.75) is 39.7 Å². The minimum absolute atomic E-state index is 0.123. The maximum Gasteiger partial charge on any atom is 0.252 e. The number of amides is 2. The van der Waals surface area contributed by atoms with E-state index in [1.165, 1.54) is 17.4 Å². The van der Waals surface area contributed by atoms with E-state index in [0.717, 1.165) is 0 Å². The number of halogens is 1. The van der Waals surface area contributed by atoms with Crippen molar-refractivity contribution in [3.05, 3.63) is 52.5 Å². The Morgan fingerprint density at radius 3 is 2.61 bits per heavy atom. The molecule has 152 valence electrons. The molecule has 0 fully saturated rings. The zero-order valence-corrected chi connectivity index (χ0v) is 17.3. The summed E-state index contributed by atoms with van der Waals surface area (Å²) in [6.45, 7) is 6.57. The Kier molecular flexibility index (Phi) is 7.99. The molecule has 5 nitrogen and oxygen atoms in total. The van der Waals surface area contributed by atoms with Gasteiger partial charge in [0.25, 0.3) is 5.91 Å². The number of thiophene rings is 1. The van der Waals surface area contributed by atoms with Crippen molar-refractivity contribution in [1.82, 2.24) is 10.6 Å². The monoisotopic (exact) mass is 406 g/mol. The molecule has 0 saturated carbocycles. The number of carbonyl (C=O) groups is 2. The van der Waals surface area contributed by atoms with Crippen LogP contribution in [0.2, 0.25) is 0 Å². The molecule has 0 saturated heterocycles. The number of ether oxygens (including phenoxy) is 1. The lowest BCUT2D eigenvalue weighted by molar-refractivity contribution is -0.123. The predicted molar refractivity (Wildman–Crippen MR) is 109 cm³/mol. The van der Waals surface area contributed by atoms with E-state index in [1.54, 1.807) is 29.6 Å². The van der Waals surface area contributed by atoms with E-state index in [-0.39, 0.29) is 42.0 Å². The molecule has 0 aliphatic rings. The summed E-state index contributed by atoms with van der Waals surface area (Å²) in [5, 5.41) is 9.39. The molecule has 1 unspecified atom stereocenters. The predicted octanol–water partition coefficient (Wildman–Crippen LogP) is 4.01. The van der Waals surface area contributed by atoms with Gasteiger partial charge < -0.3 is 15.4 Å². The van der Waals surface area contributed by atoms with Crippen LogP contribution in [0.25, 0.3) is 0 Å². The van der Waals surface area contributed by atoms with Crippen molar-refractivity contribution < 1.29 is 18.7 Å². The quantitative estimate of drug-likeness (QED) is 0.619. The molecule has 2 amide bonds. The van der Waals surface area contributed by atoms with Crippen molar-refractivity contribution in [1.29, 1.82) is 0 Å². The van der Waals surface area contributed by atoms with E-state index in [4.69, 9.17) is 4.74 Å². The highest BCUT2D eigenvalue weighted by Gasteiger charge is 2.27. The molecule has 0 aliphatic heterocycles. The summed E-state index contributed by atoms with van der Waals surface area (Å²) in [7, 11) is 0. The molecule has 2 rings (SSSR count). The molecule has 1 atom stereocenters. The van der Waals surface area contributed by atoms with Crippen molar-refractivity contribution in [2.24, 2.45) is 5.41 Å². The first kappa shape index (κ1) is 21.9. The van der Waals surface area contributed by atoms with Gasteiger partial charge in [0.2, 0.25) is 5.91 Å². The zero-order valence-electron chi connectivity index (χ0n) is 16.5. The number of carbonyl (C=O) groups excluding carboxylic acids is 2. The molecule has 2 N–H and O–H groups in total. The lowest BCUT2D eigenvalue weighted by Gasteiger charge is -2.31. The maximum absolute atomic E-state index is 13.7. The third kappa shape index (κ3) is 6.96. The Morgan fingerprint density at radius 1 is 1.21 bits per heavy atom. The number of para-hydroxylation sites is 1. The van der Waals surface area contributed by atoms with Gasteiger partial charge in [0.1, 0.15) is 6.61 Å². The van der Waals surface area contributed by atoms with Crippen LogP contribution in [0, 0.1) is 11.2 Å². The van der Waals surface area contributed by atoms with E-state index in [1.807, 2.05) is 26.2 Å². The van der Waals surface area contributed by atoms with Gasteiger partial charge in [0, 0.05) is 23.9 Å². The average Bonchev–Trinajstić information content (AvgIpc) is 3.17. The van der Waals surface area contributed by atoms with Gasteiger partial charge in [-0.25, -0.2) is 4.39 Å². The highest BCUT2D eigenvalue weighted by atomic mass is 32.1. The molecule has 1 heterocycles. The highest BCUT2D eigenvalue weighted by Crippen LogP contribution is 2.22. The molecule has 0 bridgehead atoms. The van der Waals surface area contributed by atoms with Gasteiger partial charge in [-0.2, -0.15) is 11.3 Å². The van der Waals surface area contributed by atoms with Crippen LogP contribution >= 0.6 is 11.3 Å². The van der Waals surface area contributed by atoms with E-state index >= 15 is 0 Å². The molecule has 1 aromatic heterocycles. The fraction of sp³-hybridized carbons (Fsp3) is 0.429. The average molecular weight is 407 g/mol. The Balaban J connectivity index is 1.77. The summed E-state index contributed by atoms with van der Waals surface area (Å²) < 4.78 is 19.3. The summed E-state index contributed by atoms with van der Waals surface area (Å²) >= 11 is 1.46. The van der Waals surface area contributed by atoms with Crippen molar-refractivity contribution in [2.75, 3.05) is 13.2 Å². The van der Waals surface area contributed by atoms with Gasteiger partial charge in [0.15, 0.2) is 11.6 Å². The standard InChI is InChI=1S/C21H27FN2O3S/c1-21(2,3)18(13-27-17-8-5-4-7-16(17)22)24-19(25)9-6-11-23-20(26)15-10-12-28-14-15/h4-5,7-8,10,12,14,18H,6,9,11,13H2,1-3H3,(H,23,26)(H,24,25). The summed E-state index contributed by atoms with van der Waals surface area (Å²) in [5.74, 6) is -0.514. The van der Waals surface area contributed by atoms with E-state index in [9.17, 15) is 14.0 Å². The molecule has 28 heavy (non-hydrogen) atoms. The fourth-order valence-corrected chi connectivity index (χ4v) is 3.09. The van der Waals surface area contributed by atoms with Gasteiger partial charge in [0.05, 0.1) is 6.04 Å². The summed E-state index contributed by atoms with van der Waals surface area (Å²) in [4.78, 5) is 24.2. The highest BCUT2D eigenvalue weighted by molar-refractivity contribution is 7.08. The molecule has 0 spiro atoms. The van der Waals surface area contributed by atoms with Crippen LogP contribution in [0.5, 0.6) is 5.75 Å². The number of rotatable bonds is 9. The topological polar surface area (TPSA) is 67.4 Å². The molecule has 2 aromatic rings. The summed E-state index contributed by atoms with van der Waals surface area (Å²) in [5.41, 5.74) is 0.376.